The van der Waals surface area contributed by atoms with Gasteiger partial charge in [-0.2, -0.15) is 0 Å². The molecule has 1 saturated heterocycles. The van der Waals surface area contributed by atoms with E-state index >= 15 is 0 Å². The maximum absolute atomic E-state index is 12.2. The van der Waals surface area contributed by atoms with E-state index in [1.807, 2.05) is 36.4 Å². The molecule has 3 nitrogen and oxygen atoms in total. The van der Waals surface area contributed by atoms with Gasteiger partial charge < -0.3 is 10.2 Å². The number of unbranched alkanes of at least 4 members (excludes halogenated alkanes) is 1. The zero-order valence-electron chi connectivity index (χ0n) is 13.6. The lowest BCUT2D eigenvalue weighted by molar-refractivity contribution is 0.0952. The number of carbonyl (C=O) groups excluding carboxylic acids is 1. The van der Waals surface area contributed by atoms with Crippen molar-refractivity contribution in [2.45, 2.75) is 25.7 Å². The van der Waals surface area contributed by atoms with Crippen LogP contribution in [0.15, 0.2) is 42.5 Å². The van der Waals surface area contributed by atoms with Crippen LogP contribution in [0.5, 0.6) is 0 Å². The zero-order chi connectivity index (χ0) is 15.9. The summed E-state index contributed by atoms with van der Waals surface area (Å²) >= 11 is 0. The van der Waals surface area contributed by atoms with E-state index in [0.29, 0.717) is 0 Å². The van der Waals surface area contributed by atoms with E-state index in [1.165, 1.54) is 31.3 Å². The summed E-state index contributed by atoms with van der Waals surface area (Å²) < 4.78 is 0. The van der Waals surface area contributed by atoms with E-state index in [0.717, 1.165) is 36.9 Å². The number of benzene rings is 2. The average molecular weight is 309 g/mol. The largest absolute Gasteiger partial charge is 0.352 e. The molecule has 3 heteroatoms. The molecule has 0 saturated carbocycles. The molecular weight excluding hydrogens is 284 g/mol. The fraction of sp³-hybridized carbons (Fsp3) is 0.400. The molecule has 1 radical (unpaired) electrons. The van der Waals surface area contributed by atoms with Crippen LogP contribution in [-0.2, 0) is 0 Å². The standard InChI is InChI=1S/C20H25N2O/c23-20(19-11-10-17-8-2-3-9-18(17)16-19)21-12-4-7-15-22-13-5-1-6-14-22/h1-3,8-11,16H,4-7,12-15H2,(H,21,23). The molecule has 1 fully saturated rings. The summed E-state index contributed by atoms with van der Waals surface area (Å²) in [7, 11) is 0. The van der Waals surface area contributed by atoms with E-state index in [-0.39, 0.29) is 5.91 Å². The molecular formula is C20H25N2O. The summed E-state index contributed by atoms with van der Waals surface area (Å²) in [6, 6.07) is 14.0. The number of hydrogen-bond acceptors (Lipinski definition) is 2. The van der Waals surface area contributed by atoms with Crippen molar-refractivity contribution in [3.05, 3.63) is 54.4 Å². The molecule has 3 rings (SSSR count). The van der Waals surface area contributed by atoms with Gasteiger partial charge in [-0.15, -0.1) is 0 Å². The molecule has 1 aliphatic heterocycles. The highest BCUT2D eigenvalue weighted by molar-refractivity contribution is 5.98. The number of nitrogens with zero attached hydrogens (tertiary/aromatic N) is 1. The van der Waals surface area contributed by atoms with Crippen LogP contribution >= 0.6 is 0 Å². The first-order chi connectivity index (χ1) is 11.3. The molecule has 1 heterocycles. The van der Waals surface area contributed by atoms with Gasteiger partial charge in [-0.05, 0) is 74.6 Å². The molecule has 1 aliphatic rings. The van der Waals surface area contributed by atoms with Gasteiger partial charge >= 0.3 is 0 Å². The second-order valence-corrected chi connectivity index (χ2v) is 6.23. The Kier molecular flexibility index (Phi) is 5.65. The van der Waals surface area contributed by atoms with Gasteiger partial charge in [-0.1, -0.05) is 30.3 Å². The maximum Gasteiger partial charge on any atom is 0.251 e. The topological polar surface area (TPSA) is 32.3 Å². The van der Waals surface area contributed by atoms with Crippen LogP contribution in [0.4, 0.5) is 0 Å². The lowest BCUT2D eigenvalue weighted by Crippen LogP contribution is -2.31. The van der Waals surface area contributed by atoms with Crippen LogP contribution < -0.4 is 5.32 Å². The van der Waals surface area contributed by atoms with Crippen molar-refractivity contribution in [1.82, 2.24) is 10.2 Å². The van der Waals surface area contributed by atoms with Crippen molar-refractivity contribution < 1.29 is 4.79 Å². The van der Waals surface area contributed by atoms with E-state index in [4.69, 9.17) is 0 Å². The Hall–Kier alpha value is -1.87. The molecule has 23 heavy (non-hydrogen) atoms. The fourth-order valence-corrected chi connectivity index (χ4v) is 3.12. The summed E-state index contributed by atoms with van der Waals surface area (Å²) in [5, 5.41) is 5.32. The number of nitrogens with one attached hydrogen (secondary N) is 1. The smallest absolute Gasteiger partial charge is 0.251 e. The number of piperidine rings is 1. The van der Waals surface area contributed by atoms with Crippen LogP contribution in [0.3, 0.4) is 0 Å². The Morgan fingerprint density at radius 1 is 1.00 bits per heavy atom. The van der Waals surface area contributed by atoms with Gasteiger partial charge in [0.2, 0.25) is 0 Å². The minimum absolute atomic E-state index is 0.0309. The Balaban J connectivity index is 1.41. The number of amides is 1. The summed E-state index contributed by atoms with van der Waals surface area (Å²) in [5.41, 5.74) is 0.746. The van der Waals surface area contributed by atoms with Crippen molar-refractivity contribution in [3.8, 4) is 0 Å². The first-order valence-corrected chi connectivity index (χ1v) is 8.64. The van der Waals surface area contributed by atoms with E-state index in [2.05, 4.69) is 22.7 Å². The first kappa shape index (κ1) is 16.0. The van der Waals surface area contributed by atoms with Crippen molar-refractivity contribution >= 4 is 16.7 Å². The van der Waals surface area contributed by atoms with Crippen LogP contribution in [0.25, 0.3) is 10.8 Å². The SMILES string of the molecule is O=C(NCCCCN1CC[CH]CC1)c1ccc2ccccc2c1. The van der Waals surface area contributed by atoms with Crippen molar-refractivity contribution in [2.75, 3.05) is 26.2 Å². The number of rotatable bonds is 6. The monoisotopic (exact) mass is 309 g/mol. The molecule has 0 atom stereocenters. The number of fused-ring (bicyclic) bond motifs is 1. The van der Waals surface area contributed by atoms with E-state index in [9.17, 15) is 4.79 Å². The third-order valence-corrected chi connectivity index (χ3v) is 4.50. The van der Waals surface area contributed by atoms with Gasteiger partial charge in [0.15, 0.2) is 0 Å². The zero-order valence-corrected chi connectivity index (χ0v) is 13.6. The molecule has 1 amide bonds. The third kappa shape index (κ3) is 4.55. The van der Waals surface area contributed by atoms with Crippen molar-refractivity contribution in [1.29, 1.82) is 0 Å². The Labute approximate surface area is 138 Å². The van der Waals surface area contributed by atoms with Gasteiger partial charge in [0.25, 0.3) is 5.91 Å². The molecule has 2 aromatic rings. The Bertz CT molecular complexity index is 647. The predicted molar refractivity (Wildman–Crippen MR) is 95.5 cm³/mol. The first-order valence-electron chi connectivity index (χ1n) is 8.64. The van der Waals surface area contributed by atoms with Crippen LogP contribution in [0.2, 0.25) is 0 Å². The molecule has 0 spiro atoms. The van der Waals surface area contributed by atoms with Crippen LogP contribution in [0, 0.1) is 6.42 Å². The molecule has 0 aliphatic carbocycles. The Morgan fingerprint density at radius 2 is 1.78 bits per heavy atom. The minimum atomic E-state index is 0.0309. The molecule has 0 unspecified atom stereocenters. The lowest BCUT2D eigenvalue weighted by atomic mass is 10.1. The highest BCUT2D eigenvalue weighted by atomic mass is 16.1. The van der Waals surface area contributed by atoms with E-state index in [1.54, 1.807) is 0 Å². The predicted octanol–water partition coefficient (Wildman–Crippen LogP) is 3.65. The molecule has 121 valence electrons. The van der Waals surface area contributed by atoms with Crippen molar-refractivity contribution in [3.63, 3.8) is 0 Å². The van der Waals surface area contributed by atoms with Gasteiger partial charge in [-0.3, -0.25) is 4.79 Å². The fourth-order valence-electron chi connectivity index (χ4n) is 3.12. The summed E-state index contributed by atoms with van der Waals surface area (Å²) in [6.45, 7) is 4.30. The third-order valence-electron chi connectivity index (χ3n) is 4.50. The number of likely N-dealkylation sites (tertiary alicyclic amines) is 1. The van der Waals surface area contributed by atoms with Gasteiger partial charge in [-0.25, -0.2) is 0 Å². The van der Waals surface area contributed by atoms with Crippen molar-refractivity contribution in [2.24, 2.45) is 0 Å². The quantitative estimate of drug-likeness (QED) is 0.826. The van der Waals surface area contributed by atoms with Gasteiger partial charge in [0.05, 0.1) is 0 Å². The second kappa shape index (κ2) is 8.11. The highest BCUT2D eigenvalue weighted by Gasteiger charge is 2.09. The van der Waals surface area contributed by atoms with Gasteiger partial charge in [0, 0.05) is 12.1 Å². The van der Waals surface area contributed by atoms with Crippen LogP contribution in [-0.4, -0.2) is 37.0 Å². The average Bonchev–Trinajstić information content (AvgIpc) is 2.61. The lowest BCUT2D eigenvalue weighted by Gasteiger charge is -2.26. The Morgan fingerprint density at radius 3 is 2.61 bits per heavy atom. The summed E-state index contributed by atoms with van der Waals surface area (Å²) in [4.78, 5) is 14.7. The van der Waals surface area contributed by atoms with E-state index < -0.39 is 0 Å². The number of hydrogen-bond donors (Lipinski definition) is 1. The minimum Gasteiger partial charge on any atom is -0.352 e. The molecule has 0 aromatic heterocycles. The normalized spacial score (nSPS) is 15.7. The summed E-state index contributed by atoms with van der Waals surface area (Å²) in [6.07, 6.45) is 7.01. The maximum atomic E-state index is 12.2. The second-order valence-electron chi connectivity index (χ2n) is 6.23. The number of carbonyl (C=O) groups is 1. The molecule has 1 N–H and O–H groups in total. The van der Waals surface area contributed by atoms with Gasteiger partial charge in [0.1, 0.15) is 0 Å². The van der Waals surface area contributed by atoms with Crippen LogP contribution in [0.1, 0.15) is 36.0 Å². The molecule has 2 aromatic carbocycles. The highest BCUT2D eigenvalue weighted by Crippen LogP contribution is 2.15. The molecule has 0 bridgehead atoms. The summed E-state index contributed by atoms with van der Waals surface area (Å²) in [5.74, 6) is 0.0309.